The van der Waals surface area contributed by atoms with Gasteiger partial charge in [-0.2, -0.15) is 0 Å². The highest BCUT2D eigenvalue weighted by atomic mass is 14.4. The summed E-state index contributed by atoms with van der Waals surface area (Å²) in [5.41, 5.74) is 0.755. The molecule has 0 amide bonds. The van der Waals surface area contributed by atoms with Gasteiger partial charge in [-0.05, 0) is 24.2 Å². The van der Waals surface area contributed by atoms with Crippen molar-refractivity contribution in [3.05, 3.63) is 0 Å². The molecule has 1 rings (SSSR count). The zero-order chi connectivity index (χ0) is 9.73. The van der Waals surface area contributed by atoms with Crippen molar-refractivity contribution in [2.75, 3.05) is 0 Å². The van der Waals surface area contributed by atoms with E-state index >= 15 is 0 Å². The van der Waals surface area contributed by atoms with Crippen molar-refractivity contribution in [1.29, 1.82) is 0 Å². The standard InChI is InChI=1S/C13H26/c1-4-9-12(5-2)13(6-3)10-7-8-11-13/h12H,4-11H2,1-3H3. The van der Waals surface area contributed by atoms with Crippen LogP contribution in [0.4, 0.5) is 0 Å². The lowest BCUT2D eigenvalue weighted by molar-refractivity contribution is 0.141. The summed E-state index contributed by atoms with van der Waals surface area (Å²) in [7, 11) is 0. The van der Waals surface area contributed by atoms with Crippen molar-refractivity contribution in [1.82, 2.24) is 0 Å². The van der Waals surface area contributed by atoms with E-state index in [4.69, 9.17) is 0 Å². The van der Waals surface area contributed by atoms with Crippen LogP contribution in [0.25, 0.3) is 0 Å². The van der Waals surface area contributed by atoms with Gasteiger partial charge in [0, 0.05) is 0 Å². The van der Waals surface area contributed by atoms with Crippen LogP contribution < -0.4 is 0 Å². The van der Waals surface area contributed by atoms with Gasteiger partial charge in [-0.25, -0.2) is 0 Å². The molecule has 78 valence electrons. The molecular weight excluding hydrogens is 156 g/mol. The molecule has 0 aliphatic heterocycles. The molecule has 1 atom stereocenters. The Morgan fingerprint density at radius 3 is 2.08 bits per heavy atom. The lowest BCUT2D eigenvalue weighted by Crippen LogP contribution is -2.26. The Morgan fingerprint density at radius 1 is 1.08 bits per heavy atom. The van der Waals surface area contributed by atoms with Gasteiger partial charge in [0.15, 0.2) is 0 Å². The predicted molar refractivity (Wildman–Crippen MR) is 59.9 cm³/mol. The summed E-state index contributed by atoms with van der Waals surface area (Å²) in [5, 5.41) is 0. The molecule has 0 spiro atoms. The van der Waals surface area contributed by atoms with E-state index in [1.807, 2.05) is 0 Å². The first-order chi connectivity index (χ1) is 6.29. The molecule has 1 unspecified atom stereocenters. The average molecular weight is 182 g/mol. The minimum Gasteiger partial charge on any atom is -0.0654 e. The Labute approximate surface area is 84.1 Å². The van der Waals surface area contributed by atoms with E-state index in [2.05, 4.69) is 20.8 Å². The minimum atomic E-state index is 0.755. The average Bonchev–Trinajstić information content (AvgIpc) is 2.63. The predicted octanol–water partition coefficient (Wildman–Crippen LogP) is 4.78. The summed E-state index contributed by atoms with van der Waals surface area (Å²) in [5.74, 6) is 1.02. The molecule has 0 aromatic rings. The van der Waals surface area contributed by atoms with Crippen LogP contribution in [0, 0.1) is 11.3 Å². The van der Waals surface area contributed by atoms with Gasteiger partial charge in [0.05, 0.1) is 0 Å². The summed E-state index contributed by atoms with van der Waals surface area (Å²) in [6.07, 6.45) is 11.7. The summed E-state index contributed by atoms with van der Waals surface area (Å²) >= 11 is 0. The van der Waals surface area contributed by atoms with Crippen LogP contribution in [-0.4, -0.2) is 0 Å². The lowest BCUT2D eigenvalue weighted by Gasteiger charge is -2.36. The largest absolute Gasteiger partial charge is 0.0654 e. The van der Waals surface area contributed by atoms with Crippen LogP contribution in [0.2, 0.25) is 0 Å². The normalized spacial score (nSPS) is 23.3. The van der Waals surface area contributed by atoms with Gasteiger partial charge in [-0.3, -0.25) is 0 Å². The number of hydrogen-bond donors (Lipinski definition) is 0. The molecule has 0 aromatic heterocycles. The van der Waals surface area contributed by atoms with E-state index in [0.717, 1.165) is 11.3 Å². The third-order valence-corrected chi connectivity index (χ3v) is 4.30. The maximum Gasteiger partial charge on any atom is -0.0272 e. The van der Waals surface area contributed by atoms with E-state index in [0.29, 0.717) is 0 Å². The van der Waals surface area contributed by atoms with E-state index in [1.54, 1.807) is 0 Å². The molecule has 1 saturated carbocycles. The van der Waals surface area contributed by atoms with Crippen LogP contribution >= 0.6 is 0 Å². The Kier molecular flexibility index (Phi) is 4.28. The Bertz CT molecular complexity index is 131. The van der Waals surface area contributed by atoms with Crippen molar-refractivity contribution in [2.24, 2.45) is 11.3 Å². The van der Waals surface area contributed by atoms with Gasteiger partial charge in [0.1, 0.15) is 0 Å². The first-order valence-corrected chi connectivity index (χ1v) is 6.29. The highest BCUT2D eigenvalue weighted by molar-refractivity contribution is 4.88. The maximum atomic E-state index is 2.41. The first kappa shape index (κ1) is 11.1. The maximum absolute atomic E-state index is 2.41. The Morgan fingerprint density at radius 2 is 1.69 bits per heavy atom. The van der Waals surface area contributed by atoms with E-state index in [1.165, 1.54) is 51.4 Å². The topological polar surface area (TPSA) is 0 Å². The van der Waals surface area contributed by atoms with Crippen molar-refractivity contribution in [3.63, 3.8) is 0 Å². The fraction of sp³-hybridized carbons (Fsp3) is 1.00. The van der Waals surface area contributed by atoms with E-state index in [9.17, 15) is 0 Å². The molecule has 0 N–H and O–H groups in total. The molecule has 13 heavy (non-hydrogen) atoms. The molecule has 1 fully saturated rings. The lowest BCUT2D eigenvalue weighted by atomic mass is 9.69. The highest BCUT2D eigenvalue weighted by Gasteiger charge is 2.37. The van der Waals surface area contributed by atoms with E-state index < -0.39 is 0 Å². The zero-order valence-electron chi connectivity index (χ0n) is 9.73. The van der Waals surface area contributed by atoms with Crippen LogP contribution in [-0.2, 0) is 0 Å². The van der Waals surface area contributed by atoms with Gasteiger partial charge in [-0.1, -0.05) is 59.3 Å². The van der Waals surface area contributed by atoms with Gasteiger partial charge < -0.3 is 0 Å². The summed E-state index contributed by atoms with van der Waals surface area (Å²) in [6, 6.07) is 0. The zero-order valence-corrected chi connectivity index (χ0v) is 9.73. The Balaban J connectivity index is 2.60. The van der Waals surface area contributed by atoms with Crippen LogP contribution in [0.5, 0.6) is 0 Å². The monoisotopic (exact) mass is 182 g/mol. The molecule has 0 bridgehead atoms. The Hall–Kier alpha value is 0. The molecule has 0 saturated heterocycles. The molecule has 0 heteroatoms. The van der Waals surface area contributed by atoms with Crippen molar-refractivity contribution in [2.45, 2.75) is 72.1 Å². The number of hydrogen-bond acceptors (Lipinski definition) is 0. The molecule has 0 aromatic carbocycles. The van der Waals surface area contributed by atoms with Crippen molar-refractivity contribution < 1.29 is 0 Å². The van der Waals surface area contributed by atoms with Gasteiger partial charge in [0.25, 0.3) is 0 Å². The fourth-order valence-corrected chi connectivity index (χ4v) is 3.42. The second-order valence-electron chi connectivity index (χ2n) is 4.82. The molecule has 0 radical (unpaired) electrons. The summed E-state index contributed by atoms with van der Waals surface area (Å²) < 4.78 is 0. The highest BCUT2D eigenvalue weighted by Crippen LogP contribution is 2.49. The molecule has 1 aliphatic carbocycles. The molecule has 0 nitrogen and oxygen atoms in total. The fourth-order valence-electron chi connectivity index (χ4n) is 3.42. The smallest absolute Gasteiger partial charge is 0.0272 e. The van der Waals surface area contributed by atoms with Gasteiger partial charge in [-0.15, -0.1) is 0 Å². The summed E-state index contributed by atoms with van der Waals surface area (Å²) in [6.45, 7) is 7.13. The van der Waals surface area contributed by atoms with E-state index in [-0.39, 0.29) is 0 Å². The third-order valence-electron chi connectivity index (χ3n) is 4.30. The number of rotatable bonds is 5. The van der Waals surface area contributed by atoms with Crippen LogP contribution in [0.15, 0.2) is 0 Å². The van der Waals surface area contributed by atoms with Gasteiger partial charge >= 0.3 is 0 Å². The molecular formula is C13H26. The minimum absolute atomic E-state index is 0.755. The van der Waals surface area contributed by atoms with Crippen molar-refractivity contribution >= 4 is 0 Å². The third kappa shape index (κ3) is 2.27. The SMILES string of the molecule is CCCC(CC)C1(CC)CCCC1. The summed E-state index contributed by atoms with van der Waals surface area (Å²) in [4.78, 5) is 0. The molecule has 0 heterocycles. The second kappa shape index (κ2) is 5.02. The van der Waals surface area contributed by atoms with Crippen molar-refractivity contribution in [3.8, 4) is 0 Å². The molecule has 1 aliphatic rings. The second-order valence-corrected chi connectivity index (χ2v) is 4.82. The van der Waals surface area contributed by atoms with Crippen LogP contribution in [0.1, 0.15) is 72.1 Å². The van der Waals surface area contributed by atoms with Crippen LogP contribution in [0.3, 0.4) is 0 Å². The first-order valence-electron chi connectivity index (χ1n) is 6.29. The quantitative estimate of drug-likeness (QED) is 0.574. The van der Waals surface area contributed by atoms with Gasteiger partial charge in [0.2, 0.25) is 0 Å².